The third-order valence-electron chi connectivity index (χ3n) is 5.35. The monoisotopic (exact) mass is 369 g/mol. The second-order valence-corrected chi connectivity index (χ2v) is 8.04. The Balaban J connectivity index is 1.51. The molecule has 1 aliphatic heterocycles. The summed E-state index contributed by atoms with van der Waals surface area (Å²) in [7, 11) is 0. The fraction of sp³-hybridized carbons (Fsp3) is 0.450. The lowest BCUT2D eigenvalue weighted by Crippen LogP contribution is -2.47. The smallest absolute Gasteiger partial charge is 0.323 e. The SMILES string of the molecule is O=C1NC2(CCCCCCC2)C(=O)N1Cc1csc(-c2ccccc2)n1. The van der Waals surface area contributed by atoms with Gasteiger partial charge in [0, 0.05) is 10.9 Å². The summed E-state index contributed by atoms with van der Waals surface area (Å²) in [6.45, 7) is 0.246. The number of nitrogens with one attached hydrogen (secondary N) is 1. The zero-order valence-corrected chi connectivity index (χ0v) is 15.6. The van der Waals surface area contributed by atoms with Crippen molar-refractivity contribution in [3.05, 3.63) is 41.4 Å². The van der Waals surface area contributed by atoms with E-state index in [1.807, 2.05) is 35.7 Å². The quantitative estimate of drug-likeness (QED) is 0.819. The Morgan fingerprint density at radius 2 is 1.73 bits per heavy atom. The molecule has 0 atom stereocenters. The number of benzene rings is 1. The van der Waals surface area contributed by atoms with Crippen LogP contribution in [0.4, 0.5) is 4.79 Å². The van der Waals surface area contributed by atoms with Crippen LogP contribution in [0.5, 0.6) is 0 Å². The molecule has 26 heavy (non-hydrogen) atoms. The summed E-state index contributed by atoms with van der Waals surface area (Å²) in [4.78, 5) is 31.5. The Hall–Kier alpha value is -2.21. The number of amides is 3. The summed E-state index contributed by atoms with van der Waals surface area (Å²) in [6.07, 6.45) is 6.99. The molecule has 1 aromatic heterocycles. The lowest BCUT2D eigenvalue weighted by molar-refractivity contribution is -0.132. The van der Waals surface area contributed by atoms with E-state index >= 15 is 0 Å². The largest absolute Gasteiger partial charge is 0.325 e. The summed E-state index contributed by atoms with van der Waals surface area (Å²) in [5, 5.41) is 5.86. The van der Waals surface area contributed by atoms with Crippen LogP contribution >= 0.6 is 11.3 Å². The van der Waals surface area contributed by atoms with E-state index in [0.29, 0.717) is 0 Å². The molecular formula is C20H23N3O2S. The summed E-state index contributed by atoms with van der Waals surface area (Å²) < 4.78 is 0. The maximum atomic E-state index is 13.1. The molecule has 6 heteroatoms. The number of nitrogens with zero attached hydrogens (tertiary/aromatic N) is 2. The molecule has 1 spiro atoms. The normalized spacial score (nSPS) is 20.1. The van der Waals surface area contributed by atoms with E-state index in [2.05, 4.69) is 10.3 Å². The minimum Gasteiger partial charge on any atom is -0.323 e. The molecule has 2 fully saturated rings. The zero-order chi connectivity index (χ0) is 18.0. The third-order valence-corrected chi connectivity index (χ3v) is 6.29. The molecule has 2 aromatic rings. The number of rotatable bonds is 3. The topological polar surface area (TPSA) is 62.3 Å². The summed E-state index contributed by atoms with van der Waals surface area (Å²) in [5.41, 5.74) is 1.13. The molecule has 1 aliphatic carbocycles. The molecule has 3 amide bonds. The molecule has 0 unspecified atom stereocenters. The van der Waals surface area contributed by atoms with Crippen molar-refractivity contribution in [1.29, 1.82) is 0 Å². The molecular weight excluding hydrogens is 346 g/mol. The lowest BCUT2D eigenvalue weighted by Gasteiger charge is -2.28. The molecule has 1 N–H and O–H groups in total. The van der Waals surface area contributed by atoms with E-state index in [0.717, 1.165) is 54.8 Å². The highest BCUT2D eigenvalue weighted by atomic mass is 32.1. The molecule has 5 nitrogen and oxygen atoms in total. The van der Waals surface area contributed by atoms with E-state index < -0.39 is 5.54 Å². The molecule has 2 heterocycles. The summed E-state index contributed by atoms with van der Waals surface area (Å²) in [5.74, 6) is -0.0707. The van der Waals surface area contributed by atoms with Gasteiger partial charge >= 0.3 is 6.03 Å². The van der Waals surface area contributed by atoms with Gasteiger partial charge in [0.2, 0.25) is 0 Å². The van der Waals surface area contributed by atoms with Crippen LogP contribution in [0.1, 0.15) is 50.6 Å². The Kier molecular flexibility index (Phi) is 4.76. The highest BCUT2D eigenvalue weighted by Gasteiger charge is 2.50. The minimum atomic E-state index is -0.685. The van der Waals surface area contributed by atoms with Gasteiger partial charge < -0.3 is 5.32 Å². The Bertz CT molecular complexity index is 794. The van der Waals surface area contributed by atoms with Crippen molar-refractivity contribution in [2.45, 2.75) is 57.0 Å². The standard InChI is InChI=1S/C20H23N3O2S/c24-18-20(11-7-2-1-3-8-12-20)22-19(25)23(18)13-16-14-26-17(21-16)15-9-5-4-6-10-15/h4-6,9-10,14H,1-3,7-8,11-13H2,(H,22,25). The van der Waals surface area contributed by atoms with Crippen molar-refractivity contribution < 1.29 is 9.59 Å². The van der Waals surface area contributed by atoms with Gasteiger partial charge in [-0.3, -0.25) is 9.69 Å². The number of thiazole rings is 1. The van der Waals surface area contributed by atoms with Crippen LogP contribution < -0.4 is 5.32 Å². The van der Waals surface area contributed by atoms with Gasteiger partial charge in [0.15, 0.2) is 0 Å². The summed E-state index contributed by atoms with van der Waals surface area (Å²) in [6, 6.07) is 9.68. The van der Waals surface area contributed by atoms with Crippen molar-refractivity contribution in [3.63, 3.8) is 0 Å². The number of imide groups is 1. The van der Waals surface area contributed by atoms with Gasteiger partial charge in [0.25, 0.3) is 5.91 Å². The number of urea groups is 1. The second-order valence-electron chi connectivity index (χ2n) is 7.18. The van der Waals surface area contributed by atoms with E-state index in [1.165, 1.54) is 11.3 Å². The molecule has 1 saturated heterocycles. The van der Waals surface area contributed by atoms with Gasteiger partial charge in [-0.2, -0.15) is 0 Å². The van der Waals surface area contributed by atoms with Crippen molar-refractivity contribution in [3.8, 4) is 10.6 Å². The first-order valence-corrected chi connectivity index (χ1v) is 10.2. The highest BCUT2D eigenvalue weighted by molar-refractivity contribution is 7.13. The molecule has 136 valence electrons. The first kappa shape index (κ1) is 17.2. The van der Waals surface area contributed by atoms with Crippen molar-refractivity contribution in [2.24, 2.45) is 0 Å². The van der Waals surface area contributed by atoms with Crippen LogP contribution in [0.2, 0.25) is 0 Å². The number of carbonyl (C=O) groups excluding carboxylic acids is 2. The maximum absolute atomic E-state index is 13.1. The van der Waals surface area contributed by atoms with Gasteiger partial charge in [-0.15, -0.1) is 11.3 Å². The highest BCUT2D eigenvalue weighted by Crippen LogP contribution is 2.33. The zero-order valence-electron chi connectivity index (χ0n) is 14.7. The summed E-state index contributed by atoms with van der Waals surface area (Å²) >= 11 is 1.54. The number of hydrogen-bond donors (Lipinski definition) is 1. The van der Waals surface area contributed by atoms with Crippen LogP contribution in [0, 0.1) is 0 Å². The number of hydrogen-bond acceptors (Lipinski definition) is 4. The molecule has 4 rings (SSSR count). The second kappa shape index (κ2) is 7.19. The molecule has 0 radical (unpaired) electrons. The number of carbonyl (C=O) groups is 2. The van der Waals surface area contributed by atoms with Crippen molar-refractivity contribution in [2.75, 3.05) is 0 Å². The van der Waals surface area contributed by atoms with Crippen LogP contribution in [0.15, 0.2) is 35.7 Å². The van der Waals surface area contributed by atoms with Gasteiger partial charge in [-0.05, 0) is 12.8 Å². The van der Waals surface area contributed by atoms with E-state index in [4.69, 9.17) is 0 Å². The first-order chi connectivity index (χ1) is 12.7. The van der Waals surface area contributed by atoms with Crippen LogP contribution in [0.3, 0.4) is 0 Å². The molecule has 2 aliphatic rings. The van der Waals surface area contributed by atoms with Crippen LogP contribution in [-0.4, -0.2) is 27.4 Å². The predicted molar refractivity (Wildman–Crippen MR) is 102 cm³/mol. The first-order valence-electron chi connectivity index (χ1n) is 9.32. The van der Waals surface area contributed by atoms with Gasteiger partial charge in [-0.25, -0.2) is 9.78 Å². The lowest BCUT2D eigenvalue weighted by atomic mass is 9.84. The average molecular weight is 369 g/mol. The third kappa shape index (κ3) is 3.26. The Labute approximate surface area is 157 Å². The van der Waals surface area contributed by atoms with E-state index in [-0.39, 0.29) is 18.5 Å². The number of aromatic nitrogens is 1. The molecule has 1 aromatic carbocycles. The minimum absolute atomic E-state index is 0.0707. The molecule has 0 bridgehead atoms. The molecule has 1 saturated carbocycles. The van der Waals surface area contributed by atoms with Gasteiger partial charge in [0.1, 0.15) is 10.5 Å². The maximum Gasteiger partial charge on any atom is 0.325 e. The van der Waals surface area contributed by atoms with Crippen LogP contribution in [0.25, 0.3) is 10.6 Å². The van der Waals surface area contributed by atoms with Crippen LogP contribution in [-0.2, 0) is 11.3 Å². The fourth-order valence-electron chi connectivity index (χ4n) is 3.92. The predicted octanol–water partition coefficient (Wildman–Crippen LogP) is 4.35. The Morgan fingerprint density at radius 1 is 1.04 bits per heavy atom. The fourth-order valence-corrected chi connectivity index (χ4v) is 4.74. The van der Waals surface area contributed by atoms with Gasteiger partial charge in [0.05, 0.1) is 12.2 Å². The Morgan fingerprint density at radius 3 is 2.46 bits per heavy atom. The van der Waals surface area contributed by atoms with E-state index in [9.17, 15) is 9.59 Å². The average Bonchev–Trinajstić information content (AvgIpc) is 3.19. The van der Waals surface area contributed by atoms with Crippen molar-refractivity contribution in [1.82, 2.24) is 15.2 Å². The van der Waals surface area contributed by atoms with Gasteiger partial charge in [-0.1, -0.05) is 62.4 Å². The van der Waals surface area contributed by atoms with E-state index in [1.54, 1.807) is 11.3 Å². The van der Waals surface area contributed by atoms with Crippen molar-refractivity contribution >= 4 is 23.3 Å².